The van der Waals surface area contributed by atoms with E-state index in [4.69, 9.17) is 23.2 Å². The smallest absolute Gasteiger partial charge is 0.300 e. The molecular formula is C17H13Cl2N7O3S. The van der Waals surface area contributed by atoms with E-state index in [-0.39, 0.29) is 17.7 Å². The third-order valence-corrected chi connectivity index (χ3v) is 5.87. The number of hydrogen-bond acceptors (Lipinski definition) is 7. The Balaban J connectivity index is 1.56. The zero-order chi connectivity index (χ0) is 21.6. The molecule has 1 aromatic carbocycles. The second-order valence-corrected chi connectivity index (χ2v) is 8.01. The first-order valence-corrected chi connectivity index (χ1v) is 10.1. The number of fused-ring (bicyclic) bond motifs is 1. The summed E-state index contributed by atoms with van der Waals surface area (Å²) in [5.41, 5.74) is 0.442. The number of carbonyl (C=O) groups excluding carboxylic acids is 1. The molecule has 10 nitrogen and oxygen atoms in total. The summed E-state index contributed by atoms with van der Waals surface area (Å²) < 4.78 is 3.28. The largest absolute Gasteiger partial charge is 0.332 e. The molecule has 3 heterocycles. The maximum absolute atomic E-state index is 12.5. The Bertz CT molecular complexity index is 1420. The van der Waals surface area contributed by atoms with Crippen molar-refractivity contribution in [2.45, 2.75) is 6.54 Å². The van der Waals surface area contributed by atoms with Gasteiger partial charge in [0, 0.05) is 25.0 Å². The first kappa shape index (κ1) is 20.3. The van der Waals surface area contributed by atoms with Gasteiger partial charge in [-0.05, 0) is 12.1 Å². The minimum absolute atomic E-state index is 0.0605. The van der Waals surface area contributed by atoms with Crippen LogP contribution in [-0.2, 0) is 25.4 Å². The molecule has 3 aromatic heterocycles. The number of aryl methyl sites for hydroxylation is 1. The van der Waals surface area contributed by atoms with E-state index in [9.17, 15) is 14.4 Å². The van der Waals surface area contributed by atoms with Crippen molar-refractivity contribution in [1.82, 2.24) is 29.1 Å². The van der Waals surface area contributed by atoms with Crippen molar-refractivity contribution in [3.63, 3.8) is 0 Å². The normalized spacial score (nSPS) is 11.2. The average molecular weight is 466 g/mol. The van der Waals surface area contributed by atoms with Gasteiger partial charge in [0.1, 0.15) is 6.54 Å². The molecule has 0 saturated carbocycles. The topological polar surface area (TPSA) is 117 Å². The van der Waals surface area contributed by atoms with Gasteiger partial charge in [-0.3, -0.25) is 18.7 Å². The van der Waals surface area contributed by atoms with Crippen LogP contribution in [0.2, 0.25) is 10.0 Å². The van der Waals surface area contributed by atoms with Gasteiger partial charge >= 0.3 is 5.69 Å². The predicted octanol–water partition coefficient (Wildman–Crippen LogP) is 1.90. The number of hydrogen-bond donors (Lipinski definition) is 1. The van der Waals surface area contributed by atoms with Crippen molar-refractivity contribution < 1.29 is 4.79 Å². The van der Waals surface area contributed by atoms with E-state index < -0.39 is 17.2 Å². The Labute approximate surface area is 182 Å². The lowest BCUT2D eigenvalue weighted by atomic mass is 10.2. The summed E-state index contributed by atoms with van der Waals surface area (Å²) in [6.45, 7) is -0.272. The Hall–Kier alpha value is -3.02. The van der Waals surface area contributed by atoms with E-state index >= 15 is 0 Å². The molecule has 0 aliphatic heterocycles. The molecule has 4 rings (SSSR count). The number of halogens is 2. The Morgan fingerprint density at radius 3 is 2.67 bits per heavy atom. The highest BCUT2D eigenvalue weighted by Gasteiger charge is 2.18. The molecular weight excluding hydrogens is 453 g/mol. The first-order chi connectivity index (χ1) is 14.3. The Morgan fingerprint density at radius 2 is 1.93 bits per heavy atom. The third kappa shape index (κ3) is 3.51. The summed E-state index contributed by atoms with van der Waals surface area (Å²) >= 11 is 13.2. The van der Waals surface area contributed by atoms with E-state index in [1.807, 2.05) is 0 Å². The maximum Gasteiger partial charge on any atom is 0.332 e. The summed E-state index contributed by atoms with van der Waals surface area (Å²) in [5, 5.41) is 13.3. The van der Waals surface area contributed by atoms with Crippen LogP contribution in [0.5, 0.6) is 0 Å². The number of benzene rings is 1. The van der Waals surface area contributed by atoms with Crippen LogP contribution in [0.15, 0.2) is 33.2 Å². The standard InChI is InChI=1S/C17H13Cl2N7O3S/c1-24-14-13(15(28)25(2)17(24)29)26(23-22-14)6-12(27)21-16-20-11(7-30-16)8-3-4-9(18)10(19)5-8/h3-5,7H,6H2,1-2H3,(H,20,21,27). The number of carbonyl (C=O) groups is 1. The van der Waals surface area contributed by atoms with Crippen LogP contribution in [0, 0.1) is 0 Å². The molecule has 0 atom stereocenters. The highest BCUT2D eigenvalue weighted by Crippen LogP contribution is 2.30. The van der Waals surface area contributed by atoms with E-state index in [1.165, 1.54) is 30.0 Å². The molecule has 1 N–H and O–H groups in total. The van der Waals surface area contributed by atoms with Gasteiger partial charge in [-0.2, -0.15) is 0 Å². The zero-order valence-corrected chi connectivity index (χ0v) is 17.9. The lowest BCUT2D eigenvalue weighted by molar-refractivity contribution is -0.116. The van der Waals surface area contributed by atoms with Crippen molar-refractivity contribution in [2.24, 2.45) is 14.1 Å². The minimum Gasteiger partial charge on any atom is -0.300 e. The molecule has 4 aromatic rings. The van der Waals surface area contributed by atoms with Crippen LogP contribution in [0.25, 0.3) is 22.4 Å². The van der Waals surface area contributed by atoms with Crippen molar-refractivity contribution in [2.75, 3.05) is 5.32 Å². The van der Waals surface area contributed by atoms with Gasteiger partial charge in [0.05, 0.1) is 15.7 Å². The quantitative estimate of drug-likeness (QED) is 0.491. The second-order valence-electron chi connectivity index (χ2n) is 6.34. The van der Waals surface area contributed by atoms with Crippen molar-refractivity contribution >= 4 is 56.7 Å². The SMILES string of the molecule is Cn1c(=O)c2c(nnn2CC(=O)Nc2nc(-c3ccc(Cl)c(Cl)c3)cs2)n(C)c1=O. The van der Waals surface area contributed by atoms with E-state index in [2.05, 4.69) is 20.6 Å². The Kier molecular flexibility index (Phi) is 5.18. The molecule has 0 spiro atoms. The molecule has 1 amide bonds. The van der Waals surface area contributed by atoms with Crippen LogP contribution in [-0.4, -0.2) is 35.0 Å². The summed E-state index contributed by atoms with van der Waals surface area (Å²) in [5.74, 6) is -0.451. The van der Waals surface area contributed by atoms with Crippen LogP contribution >= 0.6 is 34.5 Å². The fourth-order valence-electron chi connectivity index (χ4n) is 2.82. The van der Waals surface area contributed by atoms with Crippen LogP contribution in [0.1, 0.15) is 0 Å². The molecule has 0 aliphatic rings. The second kappa shape index (κ2) is 7.67. The van der Waals surface area contributed by atoms with Crippen molar-refractivity contribution in [3.8, 4) is 11.3 Å². The highest BCUT2D eigenvalue weighted by atomic mass is 35.5. The van der Waals surface area contributed by atoms with E-state index in [0.717, 1.165) is 14.8 Å². The van der Waals surface area contributed by atoms with Crippen molar-refractivity contribution in [1.29, 1.82) is 0 Å². The first-order valence-electron chi connectivity index (χ1n) is 8.46. The lowest BCUT2D eigenvalue weighted by Crippen LogP contribution is -2.38. The van der Waals surface area contributed by atoms with Gasteiger partial charge in [-0.1, -0.05) is 34.5 Å². The molecule has 0 aliphatic carbocycles. The van der Waals surface area contributed by atoms with Crippen LogP contribution < -0.4 is 16.6 Å². The molecule has 0 bridgehead atoms. The minimum atomic E-state index is -0.581. The number of aromatic nitrogens is 6. The predicted molar refractivity (Wildman–Crippen MR) is 114 cm³/mol. The summed E-state index contributed by atoms with van der Waals surface area (Å²) in [4.78, 5) is 41.2. The van der Waals surface area contributed by atoms with Crippen LogP contribution in [0.3, 0.4) is 0 Å². The monoisotopic (exact) mass is 465 g/mol. The summed E-state index contributed by atoms with van der Waals surface area (Å²) in [7, 11) is 2.82. The van der Waals surface area contributed by atoms with Gasteiger partial charge in [-0.15, -0.1) is 16.4 Å². The fourth-order valence-corrected chi connectivity index (χ4v) is 3.86. The van der Waals surface area contributed by atoms with Crippen LogP contribution in [0.4, 0.5) is 5.13 Å². The van der Waals surface area contributed by atoms with Gasteiger partial charge < -0.3 is 5.32 Å². The van der Waals surface area contributed by atoms with Gasteiger partial charge in [0.2, 0.25) is 5.91 Å². The van der Waals surface area contributed by atoms with Gasteiger partial charge in [0.15, 0.2) is 16.3 Å². The lowest BCUT2D eigenvalue weighted by Gasteiger charge is -2.05. The number of anilines is 1. The molecule has 0 fully saturated rings. The average Bonchev–Trinajstić information content (AvgIpc) is 3.34. The number of amides is 1. The highest BCUT2D eigenvalue weighted by molar-refractivity contribution is 7.14. The van der Waals surface area contributed by atoms with E-state index in [1.54, 1.807) is 23.6 Å². The fraction of sp³-hybridized carbons (Fsp3) is 0.176. The molecule has 13 heteroatoms. The van der Waals surface area contributed by atoms with E-state index in [0.29, 0.717) is 20.9 Å². The summed E-state index contributed by atoms with van der Waals surface area (Å²) in [6, 6.07) is 5.13. The third-order valence-electron chi connectivity index (χ3n) is 4.38. The molecule has 30 heavy (non-hydrogen) atoms. The van der Waals surface area contributed by atoms with Gasteiger partial charge in [0.25, 0.3) is 5.56 Å². The number of nitrogens with one attached hydrogen (secondary N) is 1. The molecule has 0 saturated heterocycles. The zero-order valence-electron chi connectivity index (χ0n) is 15.6. The molecule has 154 valence electrons. The number of rotatable bonds is 4. The Morgan fingerprint density at radius 1 is 1.17 bits per heavy atom. The van der Waals surface area contributed by atoms with Crippen molar-refractivity contribution in [3.05, 3.63) is 54.5 Å². The summed E-state index contributed by atoms with van der Waals surface area (Å²) in [6.07, 6.45) is 0. The maximum atomic E-state index is 12.5. The van der Waals surface area contributed by atoms with Gasteiger partial charge in [-0.25, -0.2) is 14.5 Å². The molecule has 0 unspecified atom stereocenters. The number of thiazole rings is 1. The molecule has 0 radical (unpaired) electrons. The number of nitrogens with zero attached hydrogens (tertiary/aromatic N) is 6.